The lowest BCUT2D eigenvalue weighted by atomic mass is 10.2. The summed E-state index contributed by atoms with van der Waals surface area (Å²) in [5.41, 5.74) is 1.01. The number of aryl methyl sites for hydroxylation is 2. The van der Waals surface area contributed by atoms with E-state index in [4.69, 9.17) is 5.11 Å². The quantitative estimate of drug-likeness (QED) is 0.797. The number of hydrogen-bond donors (Lipinski definition) is 1. The molecule has 0 fully saturated rings. The van der Waals surface area contributed by atoms with Crippen molar-refractivity contribution in [2.24, 2.45) is 7.05 Å². The topological polar surface area (TPSA) is 90.0 Å². The molecule has 2 rings (SSSR count). The standard InChI is InChI=1S/C11H11IN4O3/c1-6-9(12)10(17)16(5-13-6)4-8-7(11(18)19)3-14-15(8)2/h3,5H,4H2,1-2H3,(H,18,19). The van der Waals surface area contributed by atoms with E-state index in [0.717, 1.165) is 0 Å². The Morgan fingerprint density at radius 1 is 1.53 bits per heavy atom. The minimum Gasteiger partial charge on any atom is -0.478 e. The molecule has 0 aromatic carbocycles. The molecule has 0 spiro atoms. The smallest absolute Gasteiger partial charge is 0.339 e. The van der Waals surface area contributed by atoms with Gasteiger partial charge in [-0.05, 0) is 29.5 Å². The molecular formula is C11H11IN4O3. The van der Waals surface area contributed by atoms with Crippen molar-refractivity contribution < 1.29 is 9.90 Å². The molecular weight excluding hydrogens is 363 g/mol. The predicted octanol–water partition coefficient (Wildman–Crippen LogP) is 0.636. The van der Waals surface area contributed by atoms with Gasteiger partial charge in [0.05, 0.1) is 34.0 Å². The Hall–Kier alpha value is -1.71. The number of hydrogen-bond acceptors (Lipinski definition) is 4. The number of halogens is 1. The minimum atomic E-state index is -1.06. The van der Waals surface area contributed by atoms with Gasteiger partial charge in [-0.2, -0.15) is 5.10 Å². The van der Waals surface area contributed by atoms with Crippen LogP contribution in [0.1, 0.15) is 21.7 Å². The largest absolute Gasteiger partial charge is 0.478 e. The Morgan fingerprint density at radius 2 is 2.21 bits per heavy atom. The number of aromatic carboxylic acids is 1. The van der Waals surface area contributed by atoms with Crippen LogP contribution in [0.15, 0.2) is 17.3 Å². The van der Waals surface area contributed by atoms with Gasteiger partial charge in [0.1, 0.15) is 5.56 Å². The zero-order chi connectivity index (χ0) is 14.2. The first-order valence-corrected chi connectivity index (χ1v) is 6.45. The van der Waals surface area contributed by atoms with Crippen molar-refractivity contribution in [3.8, 4) is 0 Å². The van der Waals surface area contributed by atoms with Gasteiger partial charge < -0.3 is 5.11 Å². The summed E-state index contributed by atoms with van der Waals surface area (Å²) in [5, 5.41) is 13.0. The first-order chi connectivity index (χ1) is 8.91. The van der Waals surface area contributed by atoms with Crippen LogP contribution in [0.3, 0.4) is 0 Å². The summed E-state index contributed by atoms with van der Waals surface area (Å²) in [6, 6.07) is 0. The Balaban J connectivity index is 2.48. The molecule has 2 aromatic heterocycles. The predicted molar refractivity (Wildman–Crippen MR) is 75.2 cm³/mol. The molecule has 0 aliphatic carbocycles. The molecule has 0 unspecified atom stereocenters. The van der Waals surface area contributed by atoms with Crippen LogP contribution in [0.5, 0.6) is 0 Å². The number of nitrogens with zero attached hydrogens (tertiary/aromatic N) is 4. The first kappa shape index (κ1) is 13.7. The van der Waals surface area contributed by atoms with Gasteiger partial charge in [-0.15, -0.1) is 0 Å². The molecule has 8 heteroatoms. The van der Waals surface area contributed by atoms with Crippen molar-refractivity contribution >= 4 is 28.6 Å². The number of aromatic nitrogens is 4. The van der Waals surface area contributed by atoms with Crippen LogP contribution in [0.4, 0.5) is 0 Å². The highest BCUT2D eigenvalue weighted by Gasteiger charge is 2.16. The Bertz CT molecular complexity index is 704. The average molecular weight is 374 g/mol. The van der Waals surface area contributed by atoms with Crippen molar-refractivity contribution in [3.05, 3.63) is 43.4 Å². The molecule has 0 amide bonds. The molecule has 1 N–H and O–H groups in total. The minimum absolute atomic E-state index is 0.0879. The molecule has 0 saturated carbocycles. The van der Waals surface area contributed by atoms with E-state index in [2.05, 4.69) is 10.1 Å². The fraction of sp³-hybridized carbons (Fsp3) is 0.273. The van der Waals surface area contributed by atoms with Crippen molar-refractivity contribution in [2.45, 2.75) is 13.5 Å². The third-order valence-corrected chi connectivity index (χ3v) is 4.01. The average Bonchev–Trinajstić information content (AvgIpc) is 2.72. The van der Waals surface area contributed by atoms with Crippen molar-refractivity contribution in [1.29, 1.82) is 0 Å². The molecule has 0 aliphatic heterocycles. The highest BCUT2D eigenvalue weighted by Crippen LogP contribution is 2.09. The summed E-state index contributed by atoms with van der Waals surface area (Å²) < 4.78 is 3.35. The third kappa shape index (κ3) is 2.53. The van der Waals surface area contributed by atoms with Gasteiger partial charge >= 0.3 is 5.97 Å². The lowest BCUT2D eigenvalue weighted by Gasteiger charge is -2.08. The van der Waals surface area contributed by atoms with E-state index in [1.807, 2.05) is 22.6 Å². The molecule has 0 bridgehead atoms. The van der Waals surface area contributed by atoms with Crippen molar-refractivity contribution in [2.75, 3.05) is 0 Å². The van der Waals surface area contributed by atoms with Crippen LogP contribution >= 0.6 is 22.6 Å². The van der Waals surface area contributed by atoms with E-state index >= 15 is 0 Å². The van der Waals surface area contributed by atoms with E-state index in [1.165, 1.54) is 21.8 Å². The molecule has 2 aromatic rings. The molecule has 0 saturated heterocycles. The lowest BCUT2D eigenvalue weighted by molar-refractivity contribution is 0.0695. The third-order valence-electron chi connectivity index (χ3n) is 2.77. The molecule has 2 heterocycles. The Labute approximate surface area is 122 Å². The Kier molecular flexibility index (Phi) is 3.69. The van der Waals surface area contributed by atoms with Gasteiger partial charge in [-0.25, -0.2) is 9.78 Å². The molecule has 0 radical (unpaired) electrons. The number of rotatable bonds is 3. The van der Waals surface area contributed by atoms with Crippen LogP contribution in [0.2, 0.25) is 0 Å². The summed E-state index contributed by atoms with van der Waals surface area (Å²) in [6.07, 6.45) is 2.69. The van der Waals surface area contributed by atoms with E-state index in [0.29, 0.717) is 15.0 Å². The van der Waals surface area contributed by atoms with Gasteiger partial charge in [-0.3, -0.25) is 14.0 Å². The SMILES string of the molecule is Cc1ncn(Cc2c(C(=O)O)cnn2C)c(=O)c1I. The summed E-state index contributed by atoms with van der Waals surface area (Å²) in [5.74, 6) is -1.06. The number of carbonyl (C=O) groups is 1. The summed E-state index contributed by atoms with van der Waals surface area (Å²) in [4.78, 5) is 27.2. The van der Waals surface area contributed by atoms with E-state index in [-0.39, 0.29) is 17.7 Å². The second-order valence-corrected chi connectivity index (χ2v) is 5.09. The van der Waals surface area contributed by atoms with E-state index in [9.17, 15) is 9.59 Å². The van der Waals surface area contributed by atoms with Gasteiger partial charge in [0.25, 0.3) is 5.56 Å². The monoisotopic (exact) mass is 374 g/mol. The maximum Gasteiger partial charge on any atom is 0.339 e. The highest BCUT2D eigenvalue weighted by molar-refractivity contribution is 14.1. The fourth-order valence-electron chi connectivity index (χ4n) is 1.65. The van der Waals surface area contributed by atoms with Crippen LogP contribution in [-0.4, -0.2) is 30.4 Å². The molecule has 19 heavy (non-hydrogen) atoms. The van der Waals surface area contributed by atoms with Gasteiger partial charge in [-0.1, -0.05) is 0 Å². The summed E-state index contributed by atoms with van der Waals surface area (Å²) in [7, 11) is 1.64. The normalized spacial score (nSPS) is 10.7. The van der Waals surface area contributed by atoms with Crippen molar-refractivity contribution in [3.63, 3.8) is 0 Å². The van der Waals surface area contributed by atoms with Crippen molar-refractivity contribution in [1.82, 2.24) is 19.3 Å². The molecule has 0 atom stereocenters. The molecule has 0 aliphatic rings. The fourth-order valence-corrected chi connectivity index (χ4v) is 2.10. The second-order valence-electron chi connectivity index (χ2n) is 4.01. The maximum absolute atomic E-state index is 12.0. The number of carboxylic acid groups (broad SMARTS) is 1. The molecule has 7 nitrogen and oxygen atoms in total. The zero-order valence-corrected chi connectivity index (χ0v) is 12.4. The van der Waals surface area contributed by atoms with Gasteiger partial charge in [0.2, 0.25) is 0 Å². The first-order valence-electron chi connectivity index (χ1n) is 5.37. The summed E-state index contributed by atoms with van der Waals surface area (Å²) >= 11 is 1.93. The lowest BCUT2D eigenvalue weighted by Crippen LogP contribution is -2.26. The van der Waals surface area contributed by atoms with Crippen LogP contribution in [0.25, 0.3) is 0 Å². The van der Waals surface area contributed by atoms with Gasteiger partial charge in [0, 0.05) is 7.05 Å². The maximum atomic E-state index is 12.0. The Morgan fingerprint density at radius 3 is 2.84 bits per heavy atom. The van der Waals surface area contributed by atoms with E-state index < -0.39 is 5.97 Å². The number of carboxylic acids is 1. The van der Waals surface area contributed by atoms with Crippen LogP contribution in [-0.2, 0) is 13.6 Å². The van der Waals surface area contributed by atoms with Crippen LogP contribution < -0.4 is 5.56 Å². The van der Waals surface area contributed by atoms with Crippen LogP contribution in [0, 0.1) is 10.5 Å². The second kappa shape index (κ2) is 5.11. The summed E-state index contributed by atoms with van der Waals surface area (Å²) in [6.45, 7) is 1.88. The highest BCUT2D eigenvalue weighted by atomic mass is 127. The zero-order valence-electron chi connectivity index (χ0n) is 10.3. The van der Waals surface area contributed by atoms with Gasteiger partial charge in [0.15, 0.2) is 0 Å². The van der Waals surface area contributed by atoms with E-state index in [1.54, 1.807) is 14.0 Å². The molecule has 100 valence electrons.